The minimum absolute atomic E-state index is 0.129. The molecule has 17 heavy (non-hydrogen) atoms. The predicted octanol–water partition coefficient (Wildman–Crippen LogP) is 1.76. The molecule has 2 N–H and O–H groups in total. The van der Waals surface area contributed by atoms with Crippen LogP contribution in [0.4, 0.5) is 10.1 Å². The number of nitrogen functional groups attached to an aromatic ring is 1. The molecule has 0 saturated heterocycles. The van der Waals surface area contributed by atoms with Gasteiger partial charge in [0.05, 0.1) is 12.3 Å². The second-order valence-corrected chi connectivity index (χ2v) is 3.73. The van der Waals surface area contributed by atoms with Crippen LogP contribution in [0, 0.1) is 5.82 Å². The summed E-state index contributed by atoms with van der Waals surface area (Å²) in [6, 6.07) is 6.36. The standard InChI is InChI=1S/C12H14FN3O/c1-16-9(4-6-15-16)5-7-17-10-2-3-12(14)11(13)8-10/h2-4,6,8H,5,7,14H2,1H3. The summed E-state index contributed by atoms with van der Waals surface area (Å²) in [6.07, 6.45) is 2.46. The highest BCUT2D eigenvalue weighted by Crippen LogP contribution is 2.18. The molecule has 0 unspecified atom stereocenters. The number of aromatic nitrogens is 2. The van der Waals surface area contributed by atoms with E-state index in [0.29, 0.717) is 12.4 Å². The number of anilines is 1. The van der Waals surface area contributed by atoms with Gasteiger partial charge >= 0.3 is 0 Å². The molecule has 0 aliphatic rings. The van der Waals surface area contributed by atoms with Crippen molar-refractivity contribution in [2.75, 3.05) is 12.3 Å². The van der Waals surface area contributed by atoms with E-state index in [9.17, 15) is 4.39 Å². The van der Waals surface area contributed by atoms with Crippen LogP contribution in [-0.4, -0.2) is 16.4 Å². The van der Waals surface area contributed by atoms with E-state index in [0.717, 1.165) is 12.1 Å². The zero-order valence-electron chi connectivity index (χ0n) is 9.56. The minimum Gasteiger partial charge on any atom is -0.493 e. The summed E-state index contributed by atoms with van der Waals surface area (Å²) in [6.45, 7) is 0.475. The zero-order chi connectivity index (χ0) is 12.3. The fraction of sp³-hybridized carbons (Fsp3) is 0.250. The fourth-order valence-corrected chi connectivity index (χ4v) is 1.52. The lowest BCUT2D eigenvalue weighted by Gasteiger charge is -2.07. The van der Waals surface area contributed by atoms with E-state index in [1.807, 2.05) is 13.1 Å². The van der Waals surface area contributed by atoms with Gasteiger partial charge in [0.1, 0.15) is 11.6 Å². The number of benzene rings is 1. The smallest absolute Gasteiger partial charge is 0.149 e. The Kier molecular flexibility index (Phi) is 3.27. The molecule has 0 saturated carbocycles. The van der Waals surface area contributed by atoms with Crippen LogP contribution in [0.1, 0.15) is 5.69 Å². The first-order valence-corrected chi connectivity index (χ1v) is 5.31. The molecule has 2 rings (SSSR count). The Morgan fingerprint density at radius 1 is 1.41 bits per heavy atom. The fourth-order valence-electron chi connectivity index (χ4n) is 1.52. The second-order valence-electron chi connectivity index (χ2n) is 3.73. The van der Waals surface area contributed by atoms with Crippen molar-refractivity contribution in [2.24, 2.45) is 7.05 Å². The van der Waals surface area contributed by atoms with Gasteiger partial charge in [-0.25, -0.2) is 4.39 Å². The first-order valence-electron chi connectivity index (χ1n) is 5.31. The average molecular weight is 235 g/mol. The van der Waals surface area contributed by atoms with Crippen molar-refractivity contribution in [3.8, 4) is 5.75 Å². The topological polar surface area (TPSA) is 53.1 Å². The number of hydrogen-bond acceptors (Lipinski definition) is 3. The molecule has 0 aliphatic heterocycles. The van der Waals surface area contributed by atoms with Crippen LogP contribution in [-0.2, 0) is 13.5 Å². The SMILES string of the molecule is Cn1nccc1CCOc1ccc(N)c(F)c1. The monoisotopic (exact) mass is 235 g/mol. The Hall–Kier alpha value is -2.04. The highest BCUT2D eigenvalue weighted by atomic mass is 19.1. The van der Waals surface area contributed by atoms with E-state index in [-0.39, 0.29) is 5.69 Å². The Bertz CT molecular complexity index is 510. The molecule has 0 bridgehead atoms. The van der Waals surface area contributed by atoms with Crippen molar-refractivity contribution in [3.05, 3.63) is 42.0 Å². The molecule has 0 aliphatic carbocycles. The number of rotatable bonds is 4. The molecule has 90 valence electrons. The van der Waals surface area contributed by atoms with Gasteiger partial charge in [-0.15, -0.1) is 0 Å². The molecule has 0 amide bonds. The maximum Gasteiger partial charge on any atom is 0.149 e. The van der Waals surface area contributed by atoms with E-state index >= 15 is 0 Å². The van der Waals surface area contributed by atoms with Crippen LogP contribution in [0.25, 0.3) is 0 Å². The summed E-state index contributed by atoms with van der Waals surface area (Å²) in [5.74, 6) is 0.0295. The predicted molar refractivity (Wildman–Crippen MR) is 63.2 cm³/mol. The molecule has 1 aromatic carbocycles. The Balaban J connectivity index is 1.90. The van der Waals surface area contributed by atoms with Crippen molar-refractivity contribution in [2.45, 2.75) is 6.42 Å². The largest absolute Gasteiger partial charge is 0.493 e. The molecule has 2 aromatic rings. The van der Waals surface area contributed by atoms with Crippen LogP contribution < -0.4 is 10.5 Å². The van der Waals surface area contributed by atoms with Crippen LogP contribution in [0.5, 0.6) is 5.75 Å². The lowest BCUT2D eigenvalue weighted by Crippen LogP contribution is -2.06. The van der Waals surface area contributed by atoms with Gasteiger partial charge in [-0.05, 0) is 18.2 Å². The summed E-state index contributed by atoms with van der Waals surface area (Å²) in [7, 11) is 1.87. The zero-order valence-corrected chi connectivity index (χ0v) is 9.56. The van der Waals surface area contributed by atoms with Crippen LogP contribution >= 0.6 is 0 Å². The Labute approximate surface area is 98.8 Å². The van der Waals surface area contributed by atoms with E-state index < -0.39 is 5.82 Å². The molecule has 1 aromatic heterocycles. The number of ether oxygens (including phenoxy) is 1. The van der Waals surface area contributed by atoms with Crippen molar-refractivity contribution < 1.29 is 9.13 Å². The molecule has 0 spiro atoms. The van der Waals surface area contributed by atoms with Crippen molar-refractivity contribution in [1.82, 2.24) is 9.78 Å². The highest BCUT2D eigenvalue weighted by Gasteiger charge is 2.02. The van der Waals surface area contributed by atoms with Gasteiger partial charge in [0.25, 0.3) is 0 Å². The number of halogens is 1. The second kappa shape index (κ2) is 4.86. The van der Waals surface area contributed by atoms with Gasteiger partial charge in [0.2, 0.25) is 0 Å². The van der Waals surface area contributed by atoms with Crippen LogP contribution in [0.2, 0.25) is 0 Å². The summed E-state index contributed by atoms with van der Waals surface area (Å²) >= 11 is 0. The third-order valence-electron chi connectivity index (χ3n) is 2.52. The summed E-state index contributed by atoms with van der Waals surface area (Å²) in [4.78, 5) is 0. The van der Waals surface area contributed by atoms with Gasteiger partial charge in [-0.1, -0.05) is 0 Å². The third-order valence-corrected chi connectivity index (χ3v) is 2.52. The number of hydrogen-bond donors (Lipinski definition) is 1. The number of nitrogens with zero attached hydrogens (tertiary/aromatic N) is 2. The van der Waals surface area contributed by atoms with Crippen LogP contribution in [0.15, 0.2) is 30.5 Å². The normalized spacial score (nSPS) is 10.5. The Morgan fingerprint density at radius 3 is 2.88 bits per heavy atom. The first-order chi connectivity index (χ1) is 8.16. The van der Waals surface area contributed by atoms with E-state index in [1.54, 1.807) is 16.9 Å². The molecule has 0 fully saturated rings. The molecule has 5 heteroatoms. The summed E-state index contributed by atoms with van der Waals surface area (Å²) < 4.78 is 20.3. The molecular weight excluding hydrogens is 221 g/mol. The highest BCUT2D eigenvalue weighted by molar-refractivity contribution is 5.43. The quantitative estimate of drug-likeness (QED) is 0.821. The first kappa shape index (κ1) is 11.4. The minimum atomic E-state index is -0.456. The Morgan fingerprint density at radius 2 is 2.24 bits per heavy atom. The van der Waals surface area contributed by atoms with Crippen molar-refractivity contribution >= 4 is 5.69 Å². The lowest BCUT2D eigenvalue weighted by atomic mass is 10.3. The van der Waals surface area contributed by atoms with Crippen LogP contribution in [0.3, 0.4) is 0 Å². The van der Waals surface area contributed by atoms with E-state index in [1.165, 1.54) is 12.1 Å². The van der Waals surface area contributed by atoms with Crippen molar-refractivity contribution in [1.29, 1.82) is 0 Å². The number of nitrogens with two attached hydrogens (primary N) is 1. The maximum atomic E-state index is 13.1. The molecular formula is C12H14FN3O. The number of aryl methyl sites for hydroxylation is 1. The van der Waals surface area contributed by atoms with E-state index in [2.05, 4.69) is 5.10 Å². The van der Waals surface area contributed by atoms with E-state index in [4.69, 9.17) is 10.5 Å². The summed E-state index contributed by atoms with van der Waals surface area (Å²) in [5, 5.41) is 4.05. The van der Waals surface area contributed by atoms with Crippen molar-refractivity contribution in [3.63, 3.8) is 0 Å². The summed E-state index contributed by atoms with van der Waals surface area (Å²) in [5.41, 5.74) is 6.57. The van der Waals surface area contributed by atoms with Gasteiger partial charge in [-0.3, -0.25) is 4.68 Å². The third kappa shape index (κ3) is 2.75. The van der Waals surface area contributed by atoms with Gasteiger partial charge in [0, 0.05) is 31.4 Å². The molecule has 0 atom stereocenters. The maximum absolute atomic E-state index is 13.1. The van der Waals surface area contributed by atoms with Gasteiger partial charge in [0.15, 0.2) is 0 Å². The van der Waals surface area contributed by atoms with Gasteiger partial charge in [-0.2, -0.15) is 5.10 Å². The molecule has 4 nitrogen and oxygen atoms in total. The van der Waals surface area contributed by atoms with Gasteiger partial charge < -0.3 is 10.5 Å². The molecule has 1 heterocycles. The molecule has 0 radical (unpaired) electrons. The average Bonchev–Trinajstić information content (AvgIpc) is 2.70. The lowest BCUT2D eigenvalue weighted by molar-refractivity contribution is 0.317.